The number of aromatic nitrogens is 2. The topological polar surface area (TPSA) is 55.1 Å². The van der Waals surface area contributed by atoms with Crippen LogP contribution in [0.4, 0.5) is 0 Å². The van der Waals surface area contributed by atoms with E-state index in [-0.39, 0.29) is 0 Å². The number of carboxylic acid groups (broad SMARTS) is 1. The van der Waals surface area contributed by atoms with Crippen LogP contribution < -0.4 is 0 Å². The average molecular weight is 236 g/mol. The van der Waals surface area contributed by atoms with E-state index in [4.69, 9.17) is 5.11 Å². The van der Waals surface area contributed by atoms with Crippen LogP contribution in [-0.4, -0.2) is 20.9 Å². The second-order valence-corrected chi connectivity index (χ2v) is 4.88. The van der Waals surface area contributed by atoms with Crippen LogP contribution in [0, 0.1) is 13.8 Å². The first kappa shape index (κ1) is 10.9. The molecule has 0 aliphatic carbocycles. The molecule has 2 rings (SSSR count). The molecule has 2 heterocycles. The lowest BCUT2D eigenvalue weighted by molar-refractivity contribution is 0.0702. The number of hydrogen-bond acceptors (Lipinski definition) is 3. The molecule has 0 aromatic carbocycles. The van der Waals surface area contributed by atoms with Gasteiger partial charge in [-0.25, -0.2) is 4.79 Å². The van der Waals surface area contributed by atoms with Crippen molar-refractivity contribution in [1.82, 2.24) is 9.78 Å². The summed E-state index contributed by atoms with van der Waals surface area (Å²) >= 11 is 1.31. The number of aryl methyl sites for hydroxylation is 2. The highest BCUT2D eigenvalue weighted by Gasteiger charge is 2.11. The monoisotopic (exact) mass is 236 g/mol. The molecule has 0 unspecified atom stereocenters. The summed E-state index contributed by atoms with van der Waals surface area (Å²) in [5, 5.41) is 13.1. The second-order valence-electron chi connectivity index (χ2n) is 3.63. The Bertz CT molecular complexity index is 528. The molecule has 0 aliphatic rings. The lowest BCUT2D eigenvalue weighted by Gasteiger charge is -2.03. The number of carbonyl (C=O) groups is 1. The van der Waals surface area contributed by atoms with Crippen LogP contribution >= 0.6 is 11.3 Å². The zero-order chi connectivity index (χ0) is 11.7. The van der Waals surface area contributed by atoms with Gasteiger partial charge in [0, 0.05) is 16.8 Å². The van der Waals surface area contributed by atoms with E-state index in [9.17, 15) is 4.79 Å². The van der Waals surface area contributed by atoms with E-state index in [2.05, 4.69) is 5.10 Å². The molecular weight excluding hydrogens is 224 g/mol. The first-order valence-corrected chi connectivity index (χ1v) is 5.70. The Balaban J connectivity index is 2.28. The van der Waals surface area contributed by atoms with Gasteiger partial charge in [-0.3, -0.25) is 4.68 Å². The summed E-state index contributed by atoms with van der Waals surface area (Å²) in [4.78, 5) is 12.2. The number of hydrogen-bond donors (Lipinski definition) is 1. The maximum atomic E-state index is 10.8. The summed E-state index contributed by atoms with van der Waals surface area (Å²) in [5.41, 5.74) is 2.09. The van der Waals surface area contributed by atoms with Crippen LogP contribution in [0.3, 0.4) is 0 Å². The molecule has 2 aromatic heterocycles. The molecule has 5 heteroatoms. The summed E-state index contributed by atoms with van der Waals surface area (Å²) in [6.45, 7) is 4.55. The maximum absolute atomic E-state index is 10.8. The Kier molecular flexibility index (Phi) is 2.78. The highest BCUT2D eigenvalue weighted by molar-refractivity contribution is 7.14. The third-order valence-electron chi connectivity index (χ3n) is 2.48. The lowest BCUT2D eigenvalue weighted by atomic mass is 10.2. The molecule has 0 saturated carbocycles. The fourth-order valence-electron chi connectivity index (χ4n) is 1.51. The van der Waals surface area contributed by atoms with E-state index in [0.717, 1.165) is 16.1 Å². The van der Waals surface area contributed by atoms with Crippen molar-refractivity contribution in [2.24, 2.45) is 0 Å². The molecule has 4 nitrogen and oxygen atoms in total. The van der Waals surface area contributed by atoms with Crippen LogP contribution in [0.5, 0.6) is 0 Å². The number of rotatable bonds is 3. The normalized spacial score (nSPS) is 10.6. The minimum Gasteiger partial charge on any atom is -0.477 e. The zero-order valence-corrected chi connectivity index (χ0v) is 9.91. The molecule has 1 N–H and O–H groups in total. The number of nitrogens with zero attached hydrogens (tertiary/aromatic N) is 2. The van der Waals surface area contributed by atoms with E-state index >= 15 is 0 Å². The highest BCUT2D eigenvalue weighted by atomic mass is 32.1. The number of carboxylic acids is 1. The Morgan fingerprint density at radius 3 is 2.81 bits per heavy atom. The molecule has 0 bridgehead atoms. The molecule has 0 radical (unpaired) electrons. The van der Waals surface area contributed by atoms with Gasteiger partial charge in [0.25, 0.3) is 0 Å². The first-order chi connectivity index (χ1) is 7.58. The van der Waals surface area contributed by atoms with E-state index in [0.29, 0.717) is 11.4 Å². The minimum atomic E-state index is -0.864. The maximum Gasteiger partial charge on any atom is 0.345 e. The van der Waals surface area contributed by atoms with Crippen molar-refractivity contribution >= 4 is 17.3 Å². The van der Waals surface area contributed by atoms with E-state index in [1.54, 1.807) is 12.3 Å². The van der Waals surface area contributed by atoms with Gasteiger partial charge in [-0.2, -0.15) is 5.10 Å². The molecular formula is C11H12N2O2S. The van der Waals surface area contributed by atoms with Gasteiger partial charge in [0.2, 0.25) is 0 Å². The fraction of sp³-hybridized carbons (Fsp3) is 0.273. The van der Waals surface area contributed by atoms with E-state index in [1.807, 2.05) is 24.6 Å². The summed E-state index contributed by atoms with van der Waals surface area (Å²) in [6.07, 6.45) is 1.75. The molecule has 0 saturated heterocycles. The standard InChI is InChI=1S/C11H12N2O2S/c1-7-3-4-12-13(7)6-9-5-10(11(14)15)16-8(9)2/h3-5H,6H2,1-2H3,(H,14,15). The van der Waals surface area contributed by atoms with Crippen LogP contribution in [0.2, 0.25) is 0 Å². The molecule has 0 spiro atoms. The lowest BCUT2D eigenvalue weighted by Crippen LogP contribution is -2.03. The van der Waals surface area contributed by atoms with Crippen molar-refractivity contribution in [3.8, 4) is 0 Å². The quantitative estimate of drug-likeness (QED) is 0.889. The Morgan fingerprint density at radius 1 is 1.56 bits per heavy atom. The Labute approximate surface area is 97.2 Å². The summed E-state index contributed by atoms with van der Waals surface area (Å²) in [5.74, 6) is -0.864. The van der Waals surface area contributed by atoms with Crippen molar-refractivity contribution in [3.63, 3.8) is 0 Å². The summed E-state index contributed by atoms with van der Waals surface area (Å²) in [7, 11) is 0. The van der Waals surface area contributed by atoms with Gasteiger partial charge in [-0.1, -0.05) is 0 Å². The van der Waals surface area contributed by atoms with Crippen molar-refractivity contribution in [1.29, 1.82) is 0 Å². The zero-order valence-electron chi connectivity index (χ0n) is 9.10. The smallest absolute Gasteiger partial charge is 0.345 e. The Hall–Kier alpha value is -1.62. The Morgan fingerprint density at radius 2 is 2.31 bits per heavy atom. The molecule has 0 fully saturated rings. The SMILES string of the molecule is Cc1sc(C(=O)O)cc1Cn1nccc1C. The van der Waals surface area contributed by atoms with Crippen molar-refractivity contribution in [2.75, 3.05) is 0 Å². The van der Waals surface area contributed by atoms with Gasteiger partial charge in [0.15, 0.2) is 0 Å². The molecule has 0 aliphatic heterocycles. The van der Waals surface area contributed by atoms with E-state index < -0.39 is 5.97 Å². The van der Waals surface area contributed by atoms with Gasteiger partial charge in [-0.15, -0.1) is 11.3 Å². The first-order valence-electron chi connectivity index (χ1n) is 4.89. The van der Waals surface area contributed by atoms with Gasteiger partial charge >= 0.3 is 5.97 Å². The van der Waals surface area contributed by atoms with Gasteiger partial charge in [0.05, 0.1) is 6.54 Å². The predicted molar refractivity (Wildman–Crippen MR) is 62.1 cm³/mol. The van der Waals surface area contributed by atoms with Crippen molar-refractivity contribution < 1.29 is 9.90 Å². The number of thiophene rings is 1. The van der Waals surface area contributed by atoms with Crippen LogP contribution in [0.15, 0.2) is 18.3 Å². The molecule has 0 amide bonds. The minimum absolute atomic E-state index is 0.386. The van der Waals surface area contributed by atoms with Crippen molar-refractivity contribution in [2.45, 2.75) is 20.4 Å². The molecule has 0 atom stereocenters. The summed E-state index contributed by atoms with van der Waals surface area (Å²) in [6, 6.07) is 3.66. The number of aromatic carboxylic acids is 1. The third kappa shape index (κ3) is 1.99. The average Bonchev–Trinajstić information content (AvgIpc) is 2.76. The highest BCUT2D eigenvalue weighted by Crippen LogP contribution is 2.22. The van der Waals surface area contributed by atoms with Crippen LogP contribution in [-0.2, 0) is 6.54 Å². The molecule has 84 valence electrons. The molecule has 2 aromatic rings. The van der Waals surface area contributed by atoms with Gasteiger partial charge < -0.3 is 5.11 Å². The fourth-order valence-corrected chi connectivity index (χ4v) is 2.38. The van der Waals surface area contributed by atoms with Crippen LogP contribution in [0.25, 0.3) is 0 Å². The summed E-state index contributed by atoms with van der Waals surface area (Å²) < 4.78 is 1.86. The second kappa shape index (κ2) is 4.09. The van der Waals surface area contributed by atoms with Gasteiger partial charge in [0.1, 0.15) is 4.88 Å². The largest absolute Gasteiger partial charge is 0.477 e. The third-order valence-corrected chi connectivity index (χ3v) is 3.56. The van der Waals surface area contributed by atoms with Crippen LogP contribution in [0.1, 0.15) is 25.8 Å². The molecule has 16 heavy (non-hydrogen) atoms. The van der Waals surface area contributed by atoms with E-state index in [1.165, 1.54) is 11.3 Å². The van der Waals surface area contributed by atoms with Gasteiger partial charge in [-0.05, 0) is 31.5 Å². The van der Waals surface area contributed by atoms with Crippen molar-refractivity contribution in [3.05, 3.63) is 39.3 Å². The predicted octanol–water partition coefficient (Wildman–Crippen LogP) is 2.31.